The molecule has 6 nitrogen and oxygen atoms in total. The zero-order valence-electron chi connectivity index (χ0n) is 17.2. The van der Waals surface area contributed by atoms with Gasteiger partial charge in [-0.25, -0.2) is 9.78 Å². The Labute approximate surface area is 171 Å². The zero-order valence-corrected chi connectivity index (χ0v) is 17.2. The van der Waals surface area contributed by atoms with Crippen molar-refractivity contribution in [1.82, 2.24) is 9.97 Å². The molecule has 1 heterocycles. The van der Waals surface area contributed by atoms with Crippen LogP contribution >= 0.6 is 0 Å². The quantitative estimate of drug-likeness (QED) is 0.532. The van der Waals surface area contributed by atoms with Gasteiger partial charge in [-0.15, -0.1) is 0 Å². The van der Waals surface area contributed by atoms with Crippen molar-refractivity contribution in [3.05, 3.63) is 70.9 Å². The van der Waals surface area contributed by atoms with Crippen LogP contribution in [0, 0.1) is 13.8 Å². The van der Waals surface area contributed by atoms with Gasteiger partial charge in [-0.3, -0.25) is 0 Å². The molecule has 0 spiro atoms. The highest BCUT2D eigenvalue weighted by Gasteiger charge is 2.09. The Hall–Kier alpha value is -3.41. The summed E-state index contributed by atoms with van der Waals surface area (Å²) < 4.78 is 5.01. The summed E-state index contributed by atoms with van der Waals surface area (Å²) in [4.78, 5) is 20.9. The van der Waals surface area contributed by atoms with Crippen LogP contribution in [-0.4, -0.2) is 22.5 Å². The molecular formula is C23H26N4O2. The number of esters is 1. The number of hydrogen-bond donors (Lipinski definition) is 2. The van der Waals surface area contributed by atoms with E-state index in [2.05, 4.69) is 52.6 Å². The third-order valence-electron chi connectivity index (χ3n) is 4.50. The van der Waals surface area contributed by atoms with E-state index in [9.17, 15) is 4.79 Å². The minimum Gasteiger partial charge on any atom is -0.462 e. The smallest absolute Gasteiger partial charge is 0.338 e. The van der Waals surface area contributed by atoms with Crippen LogP contribution in [0.5, 0.6) is 0 Å². The number of carbonyl (C=O) groups is 1. The second-order valence-electron chi connectivity index (χ2n) is 6.73. The molecule has 0 aliphatic heterocycles. The van der Waals surface area contributed by atoms with Gasteiger partial charge < -0.3 is 15.4 Å². The molecule has 150 valence electrons. The van der Waals surface area contributed by atoms with E-state index in [4.69, 9.17) is 4.74 Å². The predicted octanol–water partition coefficient (Wildman–Crippen LogP) is 5.32. The average Bonchev–Trinajstić information content (AvgIpc) is 2.70. The molecule has 0 saturated heterocycles. The number of ether oxygens (including phenoxy) is 1. The first-order valence-corrected chi connectivity index (χ1v) is 9.75. The highest BCUT2D eigenvalue weighted by Crippen LogP contribution is 2.26. The Kier molecular flexibility index (Phi) is 6.44. The number of hydrogen-bond acceptors (Lipinski definition) is 6. The molecule has 6 heteroatoms. The van der Waals surface area contributed by atoms with E-state index < -0.39 is 0 Å². The van der Waals surface area contributed by atoms with Gasteiger partial charge in [-0.05, 0) is 62.6 Å². The van der Waals surface area contributed by atoms with E-state index >= 15 is 0 Å². The molecule has 29 heavy (non-hydrogen) atoms. The van der Waals surface area contributed by atoms with E-state index in [1.54, 1.807) is 19.1 Å². The van der Waals surface area contributed by atoms with Crippen molar-refractivity contribution in [3.63, 3.8) is 0 Å². The van der Waals surface area contributed by atoms with Gasteiger partial charge in [0.1, 0.15) is 5.82 Å². The standard InChI is InChI=1S/C23H26N4O2/c1-5-17-9-7-8-15(3)21(17)26-20-14-16(4)24-23(27-20)25-19-12-10-18(11-13-19)22(28)29-6-2/h7-14H,5-6H2,1-4H3,(H2,24,25,26,27). The van der Waals surface area contributed by atoms with Gasteiger partial charge in [0.05, 0.1) is 12.2 Å². The molecule has 2 aromatic carbocycles. The minimum absolute atomic E-state index is 0.331. The van der Waals surface area contributed by atoms with Crippen LogP contribution in [0.15, 0.2) is 48.5 Å². The SMILES string of the molecule is CCOC(=O)c1ccc(Nc2nc(C)cc(Nc3c(C)cccc3CC)n2)cc1. The van der Waals surface area contributed by atoms with E-state index in [0.29, 0.717) is 18.1 Å². The minimum atomic E-state index is -0.331. The van der Waals surface area contributed by atoms with Crippen molar-refractivity contribution in [2.45, 2.75) is 34.1 Å². The summed E-state index contributed by atoms with van der Waals surface area (Å²) in [6.45, 7) is 8.29. The number of rotatable bonds is 7. The molecule has 0 atom stereocenters. The van der Waals surface area contributed by atoms with E-state index in [0.717, 1.165) is 29.3 Å². The van der Waals surface area contributed by atoms with E-state index in [1.165, 1.54) is 11.1 Å². The first kappa shape index (κ1) is 20.3. The van der Waals surface area contributed by atoms with Crippen molar-refractivity contribution in [2.75, 3.05) is 17.2 Å². The lowest BCUT2D eigenvalue weighted by Gasteiger charge is -2.15. The Bertz CT molecular complexity index is 1000. The first-order chi connectivity index (χ1) is 14.0. The molecule has 0 aliphatic rings. The van der Waals surface area contributed by atoms with Crippen molar-refractivity contribution in [1.29, 1.82) is 0 Å². The number of aromatic nitrogens is 2. The van der Waals surface area contributed by atoms with Gasteiger partial charge in [0.15, 0.2) is 0 Å². The predicted molar refractivity (Wildman–Crippen MR) is 116 cm³/mol. The number of carbonyl (C=O) groups excluding carboxylic acids is 1. The fourth-order valence-corrected chi connectivity index (χ4v) is 3.05. The van der Waals surface area contributed by atoms with Crippen molar-refractivity contribution < 1.29 is 9.53 Å². The number of aryl methyl sites for hydroxylation is 3. The molecule has 3 rings (SSSR count). The fraction of sp³-hybridized carbons (Fsp3) is 0.261. The molecule has 0 saturated carbocycles. The summed E-state index contributed by atoms with van der Waals surface area (Å²) in [6.07, 6.45) is 0.937. The number of anilines is 4. The summed E-state index contributed by atoms with van der Waals surface area (Å²) in [5, 5.41) is 6.64. The Morgan fingerprint density at radius 3 is 2.45 bits per heavy atom. The highest BCUT2D eigenvalue weighted by molar-refractivity contribution is 5.89. The van der Waals surface area contributed by atoms with Crippen molar-refractivity contribution >= 4 is 29.1 Å². The number of nitrogens with one attached hydrogen (secondary N) is 2. The lowest BCUT2D eigenvalue weighted by atomic mass is 10.1. The van der Waals surface area contributed by atoms with Crippen molar-refractivity contribution in [2.24, 2.45) is 0 Å². The lowest BCUT2D eigenvalue weighted by molar-refractivity contribution is 0.0526. The maximum absolute atomic E-state index is 11.8. The highest BCUT2D eigenvalue weighted by atomic mass is 16.5. The van der Waals surface area contributed by atoms with Crippen LogP contribution in [0.2, 0.25) is 0 Å². The van der Waals surface area contributed by atoms with Crippen LogP contribution in [0.4, 0.5) is 23.1 Å². The van der Waals surface area contributed by atoms with Crippen molar-refractivity contribution in [3.8, 4) is 0 Å². The van der Waals surface area contributed by atoms with Crippen LogP contribution in [0.3, 0.4) is 0 Å². The summed E-state index contributed by atoms with van der Waals surface area (Å²) in [6, 6.07) is 15.2. The second-order valence-corrected chi connectivity index (χ2v) is 6.73. The number of benzene rings is 2. The summed E-state index contributed by atoms with van der Waals surface area (Å²) in [7, 11) is 0. The van der Waals surface area contributed by atoms with Gasteiger partial charge >= 0.3 is 5.97 Å². The fourth-order valence-electron chi connectivity index (χ4n) is 3.05. The average molecular weight is 390 g/mol. The molecule has 1 aromatic heterocycles. The summed E-state index contributed by atoms with van der Waals surface area (Å²) in [5.41, 5.74) is 5.64. The van der Waals surface area contributed by atoms with Crippen LogP contribution in [0.25, 0.3) is 0 Å². The maximum Gasteiger partial charge on any atom is 0.338 e. The summed E-state index contributed by atoms with van der Waals surface area (Å²) in [5.74, 6) is 0.887. The Balaban J connectivity index is 1.80. The monoisotopic (exact) mass is 390 g/mol. The molecule has 0 fully saturated rings. The largest absolute Gasteiger partial charge is 0.462 e. The summed E-state index contributed by atoms with van der Waals surface area (Å²) >= 11 is 0. The molecule has 0 amide bonds. The normalized spacial score (nSPS) is 10.5. The van der Waals surface area contributed by atoms with E-state index in [1.807, 2.05) is 25.1 Å². The molecule has 0 radical (unpaired) electrons. The third kappa shape index (κ3) is 5.10. The number of para-hydroxylation sites is 1. The van der Waals surface area contributed by atoms with E-state index in [-0.39, 0.29) is 5.97 Å². The molecule has 2 N–H and O–H groups in total. The molecule has 0 unspecified atom stereocenters. The van der Waals surface area contributed by atoms with Gasteiger partial charge in [0.2, 0.25) is 5.95 Å². The van der Waals surface area contributed by atoms with Crippen LogP contribution in [-0.2, 0) is 11.2 Å². The zero-order chi connectivity index (χ0) is 20.8. The Morgan fingerprint density at radius 2 is 1.76 bits per heavy atom. The second kappa shape index (κ2) is 9.19. The van der Waals surface area contributed by atoms with Gasteiger partial charge in [-0.1, -0.05) is 25.1 Å². The molecule has 3 aromatic rings. The first-order valence-electron chi connectivity index (χ1n) is 9.75. The van der Waals surface area contributed by atoms with Gasteiger partial charge in [0, 0.05) is 23.1 Å². The third-order valence-corrected chi connectivity index (χ3v) is 4.50. The van der Waals surface area contributed by atoms with Gasteiger partial charge in [-0.2, -0.15) is 4.98 Å². The maximum atomic E-state index is 11.8. The Morgan fingerprint density at radius 1 is 1.00 bits per heavy atom. The van der Waals surface area contributed by atoms with Crippen LogP contribution in [0.1, 0.15) is 41.0 Å². The van der Waals surface area contributed by atoms with Crippen LogP contribution < -0.4 is 10.6 Å². The number of nitrogens with zero attached hydrogens (tertiary/aromatic N) is 2. The molecule has 0 aliphatic carbocycles. The van der Waals surface area contributed by atoms with Gasteiger partial charge in [0.25, 0.3) is 0 Å². The lowest BCUT2D eigenvalue weighted by Crippen LogP contribution is -2.06. The topological polar surface area (TPSA) is 76.1 Å². The molecular weight excluding hydrogens is 364 g/mol. The molecule has 0 bridgehead atoms.